The summed E-state index contributed by atoms with van der Waals surface area (Å²) in [5.41, 5.74) is 4.15. The third-order valence-corrected chi connectivity index (χ3v) is 4.70. The van der Waals surface area contributed by atoms with E-state index in [0.717, 1.165) is 22.4 Å². The number of H-pyrrole nitrogens is 1. The van der Waals surface area contributed by atoms with Gasteiger partial charge in [-0.05, 0) is 25.0 Å². The van der Waals surface area contributed by atoms with E-state index in [1.165, 1.54) is 25.7 Å². The molecule has 120 valence electrons. The van der Waals surface area contributed by atoms with E-state index in [9.17, 15) is 0 Å². The van der Waals surface area contributed by atoms with Gasteiger partial charge >= 0.3 is 0 Å². The summed E-state index contributed by atoms with van der Waals surface area (Å²) in [5.74, 6) is 1.18. The van der Waals surface area contributed by atoms with Crippen molar-refractivity contribution in [1.29, 1.82) is 0 Å². The maximum atomic E-state index is 5.56. The Labute approximate surface area is 137 Å². The summed E-state index contributed by atoms with van der Waals surface area (Å²) >= 11 is 0. The van der Waals surface area contributed by atoms with Gasteiger partial charge in [-0.15, -0.1) is 0 Å². The number of rotatable bonds is 3. The molecule has 4 aromatic rings. The molecule has 0 radical (unpaired) electrons. The number of hydrogen-bond donors (Lipinski definition) is 2. The number of benzene rings is 1. The molecule has 1 aliphatic rings. The minimum absolute atomic E-state index is 0.538. The first-order valence-corrected chi connectivity index (χ1v) is 8.20. The highest BCUT2D eigenvalue weighted by Gasteiger charge is 2.23. The van der Waals surface area contributed by atoms with Crippen LogP contribution in [0.3, 0.4) is 0 Å². The molecule has 5 rings (SSSR count). The molecule has 3 aromatic heterocycles. The highest BCUT2D eigenvalue weighted by Crippen LogP contribution is 2.37. The summed E-state index contributed by atoms with van der Waals surface area (Å²) in [6.07, 6.45) is 8.27. The van der Waals surface area contributed by atoms with Crippen LogP contribution in [0.5, 0.6) is 0 Å². The Bertz CT molecular complexity index is 1010. The average molecular weight is 320 g/mol. The van der Waals surface area contributed by atoms with E-state index in [2.05, 4.69) is 36.7 Å². The number of aromatic amines is 1. The summed E-state index contributed by atoms with van der Waals surface area (Å²) in [6.45, 7) is 0. The maximum absolute atomic E-state index is 5.56. The smallest absolute Gasteiger partial charge is 0.180 e. The van der Waals surface area contributed by atoms with Crippen LogP contribution in [0.4, 0.5) is 11.5 Å². The van der Waals surface area contributed by atoms with Gasteiger partial charge < -0.3 is 9.84 Å². The molecule has 0 aliphatic heterocycles. The molecule has 0 saturated heterocycles. The molecule has 0 atom stereocenters. The zero-order chi connectivity index (χ0) is 15.9. The van der Waals surface area contributed by atoms with Crippen molar-refractivity contribution in [2.45, 2.75) is 31.6 Å². The summed E-state index contributed by atoms with van der Waals surface area (Å²) < 4.78 is 5.56. The third kappa shape index (κ3) is 2.12. The molecule has 1 aliphatic carbocycles. The molecule has 24 heavy (non-hydrogen) atoms. The van der Waals surface area contributed by atoms with Crippen LogP contribution in [0.25, 0.3) is 22.1 Å². The quantitative estimate of drug-likeness (QED) is 0.595. The normalized spacial score (nSPS) is 15.5. The molecule has 1 fully saturated rings. The first-order valence-electron chi connectivity index (χ1n) is 8.20. The first kappa shape index (κ1) is 13.5. The van der Waals surface area contributed by atoms with Crippen molar-refractivity contribution >= 4 is 33.6 Å². The van der Waals surface area contributed by atoms with E-state index in [4.69, 9.17) is 4.52 Å². The Morgan fingerprint density at radius 2 is 2.00 bits per heavy atom. The van der Waals surface area contributed by atoms with Crippen LogP contribution in [-0.4, -0.2) is 25.3 Å². The number of aromatic nitrogens is 5. The molecular weight excluding hydrogens is 304 g/mol. The minimum atomic E-state index is 0.538. The molecular formula is C17H16N6O. The Hall–Kier alpha value is -2.96. The molecule has 0 spiro atoms. The number of nitrogens with zero attached hydrogens (tertiary/aromatic N) is 4. The van der Waals surface area contributed by atoms with Gasteiger partial charge in [-0.1, -0.05) is 18.0 Å². The van der Waals surface area contributed by atoms with Gasteiger partial charge in [0.25, 0.3) is 0 Å². The fourth-order valence-corrected chi connectivity index (χ4v) is 3.51. The highest BCUT2D eigenvalue weighted by atomic mass is 16.5. The van der Waals surface area contributed by atoms with Crippen molar-refractivity contribution in [3.05, 3.63) is 36.3 Å². The van der Waals surface area contributed by atoms with E-state index < -0.39 is 0 Å². The lowest BCUT2D eigenvalue weighted by Gasteiger charge is -2.05. The number of anilines is 2. The fourth-order valence-electron chi connectivity index (χ4n) is 3.51. The van der Waals surface area contributed by atoms with Gasteiger partial charge in [0.15, 0.2) is 22.6 Å². The Morgan fingerprint density at radius 3 is 2.92 bits per heavy atom. The molecule has 0 amide bonds. The van der Waals surface area contributed by atoms with Crippen LogP contribution in [-0.2, 0) is 0 Å². The molecule has 3 heterocycles. The fraction of sp³-hybridized carbons (Fsp3) is 0.294. The summed E-state index contributed by atoms with van der Waals surface area (Å²) in [7, 11) is 0. The van der Waals surface area contributed by atoms with E-state index in [0.29, 0.717) is 22.9 Å². The maximum Gasteiger partial charge on any atom is 0.180 e. The Balaban J connectivity index is 1.49. The minimum Gasteiger partial charge on any atom is -0.356 e. The van der Waals surface area contributed by atoms with Crippen molar-refractivity contribution < 1.29 is 4.52 Å². The van der Waals surface area contributed by atoms with Gasteiger partial charge in [-0.25, -0.2) is 9.97 Å². The molecule has 2 N–H and O–H groups in total. The molecule has 0 bridgehead atoms. The van der Waals surface area contributed by atoms with Crippen molar-refractivity contribution in [3.8, 4) is 0 Å². The van der Waals surface area contributed by atoms with Crippen LogP contribution < -0.4 is 5.32 Å². The largest absolute Gasteiger partial charge is 0.356 e. The zero-order valence-corrected chi connectivity index (χ0v) is 13.0. The second-order valence-corrected chi connectivity index (χ2v) is 6.21. The van der Waals surface area contributed by atoms with Crippen LogP contribution in [0.1, 0.15) is 37.3 Å². The molecule has 0 unspecified atom stereocenters. The summed E-state index contributed by atoms with van der Waals surface area (Å²) in [5, 5.41) is 15.8. The van der Waals surface area contributed by atoms with Gasteiger partial charge in [-0.2, -0.15) is 5.10 Å². The third-order valence-electron chi connectivity index (χ3n) is 4.70. The average Bonchev–Trinajstić information content (AvgIpc) is 3.34. The zero-order valence-electron chi connectivity index (χ0n) is 13.0. The van der Waals surface area contributed by atoms with E-state index in [1.54, 1.807) is 12.4 Å². The van der Waals surface area contributed by atoms with Crippen LogP contribution in [0.15, 0.2) is 35.1 Å². The van der Waals surface area contributed by atoms with Crippen LogP contribution in [0, 0.1) is 0 Å². The van der Waals surface area contributed by atoms with E-state index >= 15 is 0 Å². The first-order chi connectivity index (χ1) is 11.9. The predicted molar refractivity (Wildman–Crippen MR) is 90.2 cm³/mol. The topological polar surface area (TPSA) is 92.5 Å². The Kier molecular flexibility index (Phi) is 2.97. The second kappa shape index (κ2) is 5.30. The van der Waals surface area contributed by atoms with Gasteiger partial charge in [0.1, 0.15) is 0 Å². The van der Waals surface area contributed by atoms with Gasteiger partial charge in [0, 0.05) is 35.5 Å². The van der Waals surface area contributed by atoms with Crippen molar-refractivity contribution in [1.82, 2.24) is 25.3 Å². The molecule has 1 saturated carbocycles. The van der Waals surface area contributed by atoms with Gasteiger partial charge in [0.2, 0.25) is 0 Å². The lowest BCUT2D eigenvalue weighted by Crippen LogP contribution is -1.94. The van der Waals surface area contributed by atoms with Crippen molar-refractivity contribution in [2.75, 3.05) is 5.32 Å². The number of nitrogens with one attached hydrogen (secondary N) is 2. The lowest BCUT2D eigenvalue weighted by atomic mass is 10.0. The van der Waals surface area contributed by atoms with Crippen molar-refractivity contribution in [3.63, 3.8) is 0 Å². The van der Waals surface area contributed by atoms with Gasteiger partial charge in [-0.3, -0.25) is 5.10 Å². The monoisotopic (exact) mass is 320 g/mol. The van der Waals surface area contributed by atoms with Crippen LogP contribution in [0.2, 0.25) is 0 Å². The van der Waals surface area contributed by atoms with Crippen LogP contribution >= 0.6 is 0 Å². The van der Waals surface area contributed by atoms with Gasteiger partial charge in [0.05, 0.1) is 5.69 Å². The summed E-state index contributed by atoms with van der Waals surface area (Å²) in [6, 6.07) is 6.05. The number of hydrogen-bond acceptors (Lipinski definition) is 6. The van der Waals surface area contributed by atoms with Crippen molar-refractivity contribution in [2.24, 2.45) is 0 Å². The number of fused-ring (bicyclic) bond motifs is 2. The summed E-state index contributed by atoms with van der Waals surface area (Å²) in [4.78, 5) is 8.49. The lowest BCUT2D eigenvalue weighted by molar-refractivity contribution is 0.437. The molecule has 1 aromatic carbocycles. The van der Waals surface area contributed by atoms with E-state index in [-0.39, 0.29) is 0 Å². The highest BCUT2D eigenvalue weighted by molar-refractivity contribution is 5.88. The predicted octanol–water partition coefficient (Wildman–Crippen LogP) is 3.90. The Morgan fingerprint density at radius 1 is 1.12 bits per heavy atom. The van der Waals surface area contributed by atoms with E-state index in [1.807, 2.05) is 12.1 Å². The molecule has 7 nitrogen and oxygen atoms in total. The molecule has 7 heteroatoms. The second-order valence-electron chi connectivity index (χ2n) is 6.21. The SMILES string of the molecule is c1cnc2c(Nc3ccc4c(C5CCCC5)noc4c3)n[nH]c2n1. The standard InChI is InChI=1S/C17H16N6O/c1-2-4-10(3-1)14-12-6-5-11(9-13(12)24-23-14)20-17-15-16(21-22-17)19-8-7-18-15/h5-10H,1-4H2,(H2,19,20,21,22).